The van der Waals surface area contributed by atoms with E-state index in [-0.39, 0.29) is 0 Å². The first kappa shape index (κ1) is 9.68. The summed E-state index contributed by atoms with van der Waals surface area (Å²) >= 11 is 0. The molecule has 0 radical (unpaired) electrons. The van der Waals surface area contributed by atoms with Crippen LogP contribution in [0.25, 0.3) is 0 Å². The molecule has 1 aliphatic heterocycles. The average Bonchev–Trinajstić information content (AvgIpc) is 2.99. The summed E-state index contributed by atoms with van der Waals surface area (Å²) in [6.07, 6.45) is 3.84. The Bertz CT molecular complexity index is 262. The molecule has 0 amide bonds. The molecule has 0 aromatic heterocycles. The van der Waals surface area contributed by atoms with Gasteiger partial charge in [0.1, 0.15) is 0 Å². The van der Waals surface area contributed by atoms with Gasteiger partial charge >= 0.3 is 5.97 Å². The average molecular weight is 197 g/mol. The van der Waals surface area contributed by atoms with E-state index in [1.165, 1.54) is 5.57 Å². The molecule has 0 bridgehead atoms. The van der Waals surface area contributed by atoms with E-state index >= 15 is 0 Å². The summed E-state index contributed by atoms with van der Waals surface area (Å²) in [6.45, 7) is 2.90. The molecular formula is C10H15NO3. The van der Waals surface area contributed by atoms with Gasteiger partial charge in [-0.1, -0.05) is 11.6 Å². The van der Waals surface area contributed by atoms with Crippen LogP contribution in [0.1, 0.15) is 12.8 Å². The first-order valence-corrected chi connectivity index (χ1v) is 5.00. The van der Waals surface area contributed by atoms with E-state index in [2.05, 4.69) is 11.0 Å². The number of aliphatic carboxylic acids is 1. The van der Waals surface area contributed by atoms with E-state index in [9.17, 15) is 4.79 Å². The van der Waals surface area contributed by atoms with Gasteiger partial charge in [0.05, 0.1) is 6.61 Å². The van der Waals surface area contributed by atoms with E-state index < -0.39 is 12.1 Å². The first-order valence-electron chi connectivity index (χ1n) is 5.00. The van der Waals surface area contributed by atoms with E-state index in [0.29, 0.717) is 13.2 Å². The summed E-state index contributed by atoms with van der Waals surface area (Å²) in [5.74, 6) is -0.847. The fourth-order valence-electron chi connectivity index (χ4n) is 1.63. The molecule has 2 rings (SSSR count). The molecule has 1 N–H and O–H groups in total. The Labute approximate surface area is 83.2 Å². The highest BCUT2D eigenvalue weighted by atomic mass is 16.5. The lowest BCUT2D eigenvalue weighted by molar-refractivity contribution is -0.155. The Morgan fingerprint density at radius 1 is 1.71 bits per heavy atom. The van der Waals surface area contributed by atoms with Gasteiger partial charge in [-0.15, -0.1) is 0 Å². The summed E-state index contributed by atoms with van der Waals surface area (Å²) in [6, 6.07) is 0. The highest BCUT2D eigenvalue weighted by Gasteiger charge is 2.26. The number of carboxylic acid groups (broad SMARTS) is 1. The van der Waals surface area contributed by atoms with Crippen molar-refractivity contribution in [3.8, 4) is 0 Å². The van der Waals surface area contributed by atoms with Crippen molar-refractivity contribution in [2.45, 2.75) is 18.9 Å². The third-order valence-corrected chi connectivity index (χ3v) is 2.67. The second kappa shape index (κ2) is 4.11. The lowest BCUT2D eigenvalue weighted by atomic mass is 10.2. The monoisotopic (exact) mass is 197 g/mol. The molecule has 0 aromatic carbocycles. The molecule has 1 atom stereocenters. The quantitative estimate of drug-likeness (QED) is 0.666. The third-order valence-electron chi connectivity index (χ3n) is 2.67. The zero-order valence-corrected chi connectivity index (χ0v) is 8.11. The Balaban J connectivity index is 1.74. The molecule has 78 valence electrons. The van der Waals surface area contributed by atoms with Gasteiger partial charge in [0.2, 0.25) is 0 Å². The van der Waals surface area contributed by atoms with Crippen molar-refractivity contribution in [3.05, 3.63) is 11.6 Å². The van der Waals surface area contributed by atoms with Crippen LogP contribution in [0.5, 0.6) is 0 Å². The second-order valence-electron chi connectivity index (χ2n) is 3.81. The number of morpholine rings is 1. The minimum absolute atomic E-state index is 0.530. The van der Waals surface area contributed by atoms with Crippen LogP contribution in [-0.4, -0.2) is 48.3 Å². The van der Waals surface area contributed by atoms with Crippen molar-refractivity contribution in [2.24, 2.45) is 0 Å². The number of allylic oxidation sites excluding steroid dienone is 1. The maximum Gasteiger partial charge on any atom is 0.334 e. The number of nitrogens with zero attached hydrogens (tertiary/aromatic N) is 1. The second-order valence-corrected chi connectivity index (χ2v) is 3.81. The number of hydrogen-bond acceptors (Lipinski definition) is 3. The zero-order valence-electron chi connectivity index (χ0n) is 8.11. The van der Waals surface area contributed by atoms with Crippen molar-refractivity contribution in [1.82, 2.24) is 4.90 Å². The van der Waals surface area contributed by atoms with Crippen molar-refractivity contribution in [3.63, 3.8) is 0 Å². The lowest BCUT2D eigenvalue weighted by Crippen LogP contribution is -2.46. The smallest absolute Gasteiger partial charge is 0.334 e. The van der Waals surface area contributed by atoms with E-state index in [1.807, 2.05) is 0 Å². The van der Waals surface area contributed by atoms with Gasteiger partial charge in [0, 0.05) is 19.6 Å². The maximum atomic E-state index is 10.7. The van der Waals surface area contributed by atoms with Gasteiger partial charge < -0.3 is 9.84 Å². The first-order chi connectivity index (χ1) is 6.75. The van der Waals surface area contributed by atoms with Crippen LogP contribution in [0.15, 0.2) is 11.6 Å². The molecular weight excluding hydrogens is 182 g/mol. The summed E-state index contributed by atoms with van der Waals surface area (Å²) in [7, 11) is 0. The molecule has 0 aromatic rings. The molecule has 1 saturated heterocycles. The Morgan fingerprint density at radius 2 is 2.50 bits per heavy atom. The topological polar surface area (TPSA) is 49.8 Å². The van der Waals surface area contributed by atoms with Gasteiger partial charge in [-0.3, -0.25) is 4.90 Å². The largest absolute Gasteiger partial charge is 0.479 e. The predicted octanol–water partition coefficient (Wildman–Crippen LogP) is 0.492. The van der Waals surface area contributed by atoms with Crippen LogP contribution in [0.4, 0.5) is 0 Å². The molecule has 1 fully saturated rings. The molecule has 4 heteroatoms. The van der Waals surface area contributed by atoms with Crippen molar-refractivity contribution in [1.29, 1.82) is 0 Å². The lowest BCUT2D eigenvalue weighted by Gasteiger charge is -2.30. The number of carboxylic acids is 1. The minimum Gasteiger partial charge on any atom is -0.479 e. The van der Waals surface area contributed by atoms with Gasteiger partial charge in [-0.25, -0.2) is 4.79 Å². The van der Waals surface area contributed by atoms with E-state index in [0.717, 1.165) is 25.9 Å². The maximum absolute atomic E-state index is 10.7. The molecule has 2 aliphatic rings. The fraction of sp³-hybridized carbons (Fsp3) is 0.700. The molecule has 0 spiro atoms. The van der Waals surface area contributed by atoms with Crippen LogP contribution < -0.4 is 0 Å². The summed E-state index contributed by atoms with van der Waals surface area (Å²) in [5.41, 5.74) is 1.50. The predicted molar refractivity (Wildman–Crippen MR) is 51.1 cm³/mol. The van der Waals surface area contributed by atoms with Gasteiger partial charge in [0.25, 0.3) is 0 Å². The summed E-state index contributed by atoms with van der Waals surface area (Å²) < 4.78 is 5.14. The van der Waals surface area contributed by atoms with E-state index in [4.69, 9.17) is 9.84 Å². The van der Waals surface area contributed by atoms with Crippen molar-refractivity contribution >= 4 is 5.97 Å². The summed E-state index contributed by atoms with van der Waals surface area (Å²) in [4.78, 5) is 12.9. The molecule has 1 aliphatic carbocycles. The summed E-state index contributed by atoms with van der Waals surface area (Å²) in [5, 5.41) is 8.78. The molecule has 1 heterocycles. The number of ether oxygens (including phenoxy) is 1. The fourth-order valence-corrected chi connectivity index (χ4v) is 1.63. The Morgan fingerprint density at radius 3 is 3.14 bits per heavy atom. The minimum atomic E-state index is -0.847. The van der Waals surface area contributed by atoms with Crippen LogP contribution in [0.2, 0.25) is 0 Å². The normalized spacial score (nSPS) is 27.1. The van der Waals surface area contributed by atoms with Crippen molar-refractivity contribution in [2.75, 3.05) is 26.2 Å². The van der Waals surface area contributed by atoms with Gasteiger partial charge in [-0.05, 0) is 12.8 Å². The van der Waals surface area contributed by atoms with Crippen LogP contribution in [-0.2, 0) is 9.53 Å². The highest BCUT2D eigenvalue weighted by molar-refractivity contribution is 5.72. The zero-order chi connectivity index (χ0) is 9.97. The van der Waals surface area contributed by atoms with Gasteiger partial charge in [0.15, 0.2) is 6.10 Å². The Kier molecular flexibility index (Phi) is 2.84. The molecule has 4 nitrogen and oxygen atoms in total. The van der Waals surface area contributed by atoms with Crippen molar-refractivity contribution < 1.29 is 14.6 Å². The van der Waals surface area contributed by atoms with Gasteiger partial charge in [-0.2, -0.15) is 0 Å². The molecule has 0 unspecified atom stereocenters. The SMILES string of the molecule is O=C(O)[C@@H]1CN(CCC2=CC2)CCO1. The third kappa shape index (κ3) is 2.56. The Hall–Kier alpha value is -0.870. The molecule has 14 heavy (non-hydrogen) atoms. The van der Waals surface area contributed by atoms with Crippen LogP contribution in [0.3, 0.4) is 0 Å². The number of rotatable bonds is 4. The van der Waals surface area contributed by atoms with E-state index in [1.54, 1.807) is 0 Å². The highest BCUT2D eigenvalue weighted by Crippen LogP contribution is 2.22. The van der Waals surface area contributed by atoms with Crippen LogP contribution >= 0.6 is 0 Å². The number of hydrogen-bond donors (Lipinski definition) is 1. The standard InChI is InChI=1S/C10H15NO3/c12-10(13)9-7-11(5-6-14-9)4-3-8-1-2-8/h1,9H,2-7H2,(H,12,13)/t9-/m0/s1. The molecule has 0 saturated carbocycles. The number of carbonyl (C=O) groups is 1. The van der Waals surface area contributed by atoms with Crippen LogP contribution in [0, 0.1) is 0 Å².